The fourth-order valence-electron chi connectivity index (χ4n) is 2.34. The van der Waals surface area contributed by atoms with E-state index in [0.29, 0.717) is 0 Å². The van der Waals surface area contributed by atoms with E-state index in [1.807, 2.05) is 18.3 Å². The number of pyridine rings is 1. The van der Waals surface area contributed by atoms with E-state index in [9.17, 15) is 0 Å². The molecule has 0 aliphatic heterocycles. The Bertz CT molecular complexity index is 484. The van der Waals surface area contributed by atoms with Gasteiger partial charge in [-0.3, -0.25) is 4.98 Å². The van der Waals surface area contributed by atoms with Crippen molar-refractivity contribution in [2.24, 2.45) is 0 Å². The second-order valence-corrected chi connectivity index (χ2v) is 5.40. The van der Waals surface area contributed by atoms with Crippen molar-refractivity contribution in [1.82, 2.24) is 15.2 Å². The van der Waals surface area contributed by atoms with Gasteiger partial charge in [-0.05, 0) is 44.3 Å². The van der Waals surface area contributed by atoms with Gasteiger partial charge in [-0.1, -0.05) is 36.4 Å². The van der Waals surface area contributed by atoms with Crippen LogP contribution >= 0.6 is 0 Å². The predicted molar refractivity (Wildman–Crippen MR) is 88.2 cm³/mol. The minimum atomic E-state index is 0.999. The van der Waals surface area contributed by atoms with Gasteiger partial charge in [0.25, 0.3) is 0 Å². The summed E-state index contributed by atoms with van der Waals surface area (Å²) in [6.45, 7) is 4.20. The van der Waals surface area contributed by atoms with Gasteiger partial charge in [0.05, 0.1) is 0 Å². The van der Waals surface area contributed by atoms with Crippen LogP contribution in [0, 0.1) is 0 Å². The maximum absolute atomic E-state index is 4.32. The van der Waals surface area contributed by atoms with Crippen LogP contribution in [0.1, 0.15) is 17.7 Å². The Hall–Kier alpha value is -1.71. The summed E-state index contributed by atoms with van der Waals surface area (Å²) in [5.74, 6) is 0. The molecule has 3 nitrogen and oxygen atoms in total. The van der Waals surface area contributed by atoms with E-state index >= 15 is 0 Å². The Morgan fingerprint density at radius 2 is 1.81 bits per heavy atom. The highest BCUT2D eigenvalue weighted by atomic mass is 15.1. The van der Waals surface area contributed by atoms with Gasteiger partial charge < -0.3 is 10.2 Å². The summed E-state index contributed by atoms with van der Waals surface area (Å²) >= 11 is 0. The molecular formula is C18H25N3. The molecule has 0 radical (unpaired) electrons. The fraction of sp³-hybridized carbons (Fsp3) is 0.389. The van der Waals surface area contributed by atoms with E-state index in [-0.39, 0.29) is 0 Å². The zero-order valence-corrected chi connectivity index (χ0v) is 12.8. The third kappa shape index (κ3) is 6.52. The van der Waals surface area contributed by atoms with Crippen molar-refractivity contribution in [2.75, 3.05) is 26.7 Å². The number of nitrogens with one attached hydrogen (secondary N) is 1. The Morgan fingerprint density at radius 1 is 1.00 bits per heavy atom. The molecule has 1 N–H and O–H groups in total. The lowest BCUT2D eigenvalue weighted by molar-refractivity contribution is 0.320. The average molecular weight is 283 g/mol. The molecule has 1 heterocycles. The van der Waals surface area contributed by atoms with Crippen LogP contribution < -0.4 is 5.32 Å². The molecule has 0 aliphatic carbocycles. The Kier molecular flexibility index (Phi) is 6.92. The van der Waals surface area contributed by atoms with E-state index in [1.165, 1.54) is 12.0 Å². The normalized spacial score (nSPS) is 11.0. The topological polar surface area (TPSA) is 28.2 Å². The van der Waals surface area contributed by atoms with Crippen LogP contribution in [-0.4, -0.2) is 36.6 Å². The molecule has 2 aromatic rings. The number of nitrogens with zero attached hydrogens (tertiary/aromatic N) is 2. The average Bonchev–Trinajstić information content (AvgIpc) is 2.53. The smallest absolute Gasteiger partial charge is 0.0416 e. The summed E-state index contributed by atoms with van der Waals surface area (Å²) in [7, 11) is 2.18. The van der Waals surface area contributed by atoms with E-state index < -0.39 is 0 Å². The highest BCUT2D eigenvalue weighted by Crippen LogP contribution is 2.02. The molecule has 112 valence electrons. The third-order valence-corrected chi connectivity index (χ3v) is 3.47. The highest BCUT2D eigenvalue weighted by molar-refractivity contribution is 5.14. The largest absolute Gasteiger partial charge is 0.316 e. The molecule has 0 aliphatic rings. The molecule has 1 aromatic heterocycles. The van der Waals surface area contributed by atoms with Gasteiger partial charge in [-0.2, -0.15) is 0 Å². The van der Waals surface area contributed by atoms with Gasteiger partial charge in [0, 0.05) is 31.4 Å². The van der Waals surface area contributed by atoms with Crippen LogP contribution in [0.15, 0.2) is 54.7 Å². The molecule has 0 spiro atoms. The molecule has 0 saturated carbocycles. The molecular weight excluding hydrogens is 258 g/mol. The minimum absolute atomic E-state index is 0.999. The highest BCUT2D eigenvalue weighted by Gasteiger charge is 1.99. The summed E-state index contributed by atoms with van der Waals surface area (Å²) in [4.78, 5) is 6.69. The summed E-state index contributed by atoms with van der Waals surface area (Å²) in [6.07, 6.45) is 4.03. The molecule has 0 fully saturated rings. The van der Waals surface area contributed by atoms with Gasteiger partial charge >= 0.3 is 0 Å². The summed E-state index contributed by atoms with van der Waals surface area (Å²) in [6, 6.07) is 16.7. The fourth-order valence-corrected chi connectivity index (χ4v) is 2.34. The first-order valence-electron chi connectivity index (χ1n) is 7.68. The van der Waals surface area contributed by atoms with Crippen molar-refractivity contribution in [3.05, 3.63) is 66.0 Å². The summed E-state index contributed by atoms with van der Waals surface area (Å²) in [5, 5.41) is 3.49. The first-order valence-corrected chi connectivity index (χ1v) is 7.68. The number of aromatic nitrogens is 1. The maximum Gasteiger partial charge on any atom is 0.0416 e. The van der Waals surface area contributed by atoms with Gasteiger partial charge in [0.2, 0.25) is 0 Å². The molecule has 2 rings (SSSR count). The van der Waals surface area contributed by atoms with Crippen molar-refractivity contribution in [3.8, 4) is 0 Å². The Balaban J connectivity index is 1.51. The second kappa shape index (κ2) is 9.27. The van der Waals surface area contributed by atoms with Crippen molar-refractivity contribution in [2.45, 2.75) is 19.4 Å². The van der Waals surface area contributed by atoms with Crippen LogP contribution in [0.5, 0.6) is 0 Å². The lowest BCUT2D eigenvalue weighted by Crippen LogP contribution is -2.25. The molecule has 0 atom stereocenters. The van der Waals surface area contributed by atoms with Crippen molar-refractivity contribution < 1.29 is 0 Å². The van der Waals surface area contributed by atoms with E-state index in [1.54, 1.807) is 0 Å². The minimum Gasteiger partial charge on any atom is -0.316 e. The SMILES string of the molecule is CN(CCCNCCc1ccccn1)Cc1ccccc1. The van der Waals surface area contributed by atoms with E-state index in [2.05, 4.69) is 58.6 Å². The molecule has 3 heteroatoms. The zero-order valence-electron chi connectivity index (χ0n) is 12.8. The molecule has 0 bridgehead atoms. The standard InChI is InChI=1S/C18H25N3/c1-21(16-17-8-3-2-4-9-17)15-7-12-19-14-11-18-10-5-6-13-20-18/h2-6,8-10,13,19H,7,11-12,14-16H2,1H3. The number of hydrogen-bond donors (Lipinski definition) is 1. The zero-order chi connectivity index (χ0) is 14.8. The van der Waals surface area contributed by atoms with Gasteiger partial charge in [0.1, 0.15) is 0 Å². The maximum atomic E-state index is 4.32. The summed E-state index contributed by atoms with van der Waals surface area (Å²) in [5.41, 5.74) is 2.54. The third-order valence-electron chi connectivity index (χ3n) is 3.47. The Labute approximate surface area is 128 Å². The second-order valence-electron chi connectivity index (χ2n) is 5.40. The lowest BCUT2D eigenvalue weighted by atomic mass is 10.2. The van der Waals surface area contributed by atoms with Crippen LogP contribution in [0.2, 0.25) is 0 Å². The first kappa shape index (κ1) is 15.7. The van der Waals surface area contributed by atoms with E-state index in [0.717, 1.165) is 38.3 Å². The van der Waals surface area contributed by atoms with Crippen molar-refractivity contribution in [1.29, 1.82) is 0 Å². The van der Waals surface area contributed by atoms with Crippen molar-refractivity contribution in [3.63, 3.8) is 0 Å². The van der Waals surface area contributed by atoms with Gasteiger partial charge in [-0.15, -0.1) is 0 Å². The number of rotatable bonds is 9. The molecule has 21 heavy (non-hydrogen) atoms. The molecule has 0 amide bonds. The van der Waals surface area contributed by atoms with Crippen LogP contribution in [0.3, 0.4) is 0 Å². The quantitative estimate of drug-likeness (QED) is 0.717. The molecule has 1 aromatic carbocycles. The van der Waals surface area contributed by atoms with Gasteiger partial charge in [0.15, 0.2) is 0 Å². The van der Waals surface area contributed by atoms with Crippen LogP contribution in [0.4, 0.5) is 0 Å². The molecule has 0 unspecified atom stereocenters. The monoisotopic (exact) mass is 283 g/mol. The lowest BCUT2D eigenvalue weighted by Gasteiger charge is -2.16. The predicted octanol–water partition coefficient (Wildman–Crippen LogP) is 2.74. The van der Waals surface area contributed by atoms with Crippen molar-refractivity contribution >= 4 is 0 Å². The molecule has 0 saturated heterocycles. The van der Waals surface area contributed by atoms with Crippen LogP contribution in [-0.2, 0) is 13.0 Å². The van der Waals surface area contributed by atoms with Gasteiger partial charge in [-0.25, -0.2) is 0 Å². The Morgan fingerprint density at radius 3 is 2.57 bits per heavy atom. The first-order chi connectivity index (χ1) is 10.3. The summed E-state index contributed by atoms with van der Waals surface area (Å²) < 4.78 is 0. The van der Waals surface area contributed by atoms with E-state index in [4.69, 9.17) is 0 Å². The van der Waals surface area contributed by atoms with Crippen LogP contribution in [0.25, 0.3) is 0 Å². The number of benzene rings is 1. The number of hydrogen-bond acceptors (Lipinski definition) is 3.